The summed E-state index contributed by atoms with van der Waals surface area (Å²) < 4.78 is 2.25. The molecule has 0 aromatic heterocycles. The molecule has 0 spiro atoms. The standard InChI is InChI=1S/C21H25.C9H13.C8H8.2ClH.Zr/c1-20(2,3)16-9-7-14-11-15-8-10-17(21(4,5)6)13-19(15)18(14)12-16;1-9(2,3)8-6-4-5-7-8;1-2-8-6-4-3-5-7-8;;;/h7-13H,1-6H3;6-7H,4H2,1-3H3;1,3-7H,2H2;2*1H;/q2*-1;;;;+2/p-2. The zero-order valence-corrected chi connectivity index (χ0v) is 30.3. The van der Waals surface area contributed by atoms with Gasteiger partial charge in [0.1, 0.15) is 0 Å². The van der Waals surface area contributed by atoms with Gasteiger partial charge in [0.15, 0.2) is 0 Å². The van der Waals surface area contributed by atoms with E-state index in [2.05, 4.69) is 151 Å². The number of allylic oxidation sites excluding steroid dienone is 4. The van der Waals surface area contributed by atoms with E-state index in [1.165, 1.54) is 68.0 Å². The molecule has 4 aromatic rings. The fourth-order valence-electron chi connectivity index (χ4n) is 4.58. The van der Waals surface area contributed by atoms with Gasteiger partial charge in [0.25, 0.3) is 0 Å². The first-order chi connectivity index (χ1) is 18.2. The molecule has 0 saturated heterocycles. The van der Waals surface area contributed by atoms with Crippen LogP contribution in [0.5, 0.6) is 0 Å². The summed E-state index contributed by atoms with van der Waals surface area (Å²) in [7, 11) is 0. The second-order valence-electron chi connectivity index (χ2n) is 13.6. The van der Waals surface area contributed by atoms with Crippen LogP contribution in [0.3, 0.4) is 0 Å². The summed E-state index contributed by atoms with van der Waals surface area (Å²) in [5.41, 5.74) is 6.35. The fraction of sp³-hybridized carbons (Fsp3) is 0.368. The average molecular weight is 665 g/mol. The maximum atomic E-state index is 3.16. The van der Waals surface area contributed by atoms with Crippen molar-refractivity contribution in [2.45, 2.75) is 86.0 Å². The predicted octanol–water partition coefficient (Wildman–Crippen LogP) is 4.61. The van der Waals surface area contributed by atoms with Crippen LogP contribution in [0.15, 0.2) is 90.5 Å². The number of rotatable bonds is 2. The molecule has 0 radical (unpaired) electrons. The van der Waals surface area contributed by atoms with E-state index in [1.807, 2.05) is 6.07 Å². The average Bonchev–Trinajstić information content (AvgIpc) is 3.52. The van der Waals surface area contributed by atoms with Crippen molar-refractivity contribution in [2.75, 3.05) is 0 Å². The third kappa shape index (κ3) is 10.8. The van der Waals surface area contributed by atoms with Gasteiger partial charge in [0.05, 0.1) is 0 Å². The van der Waals surface area contributed by atoms with Gasteiger partial charge in [-0.05, 0) is 10.8 Å². The Morgan fingerprint density at radius 2 is 1.20 bits per heavy atom. The van der Waals surface area contributed by atoms with Gasteiger partial charge < -0.3 is 24.8 Å². The predicted molar refractivity (Wildman–Crippen MR) is 171 cm³/mol. The third-order valence-corrected chi connectivity index (χ3v) is 7.69. The van der Waals surface area contributed by atoms with E-state index in [-0.39, 0.29) is 35.6 Å². The van der Waals surface area contributed by atoms with Crippen LogP contribution in [0.4, 0.5) is 0 Å². The summed E-state index contributed by atoms with van der Waals surface area (Å²) in [6.45, 7) is 20.3. The van der Waals surface area contributed by atoms with Gasteiger partial charge in [-0.15, -0.1) is 46.2 Å². The second-order valence-corrected chi connectivity index (χ2v) is 14.6. The van der Waals surface area contributed by atoms with E-state index in [0.29, 0.717) is 5.41 Å². The molecule has 0 nitrogen and oxygen atoms in total. The summed E-state index contributed by atoms with van der Waals surface area (Å²) in [5, 5.41) is 5.49. The molecular weight excluding hydrogens is 619 g/mol. The van der Waals surface area contributed by atoms with Crippen LogP contribution < -0.4 is 24.8 Å². The first-order valence-corrected chi connectivity index (χ1v) is 15.6. The van der Waals surface area contributed by atoms with Gasteiger partial charge in [-0.25, -0.2) is 6.08 Å². The van der Waals surface area contributed by atoms with Crippen LogP contribution in [-0.4, -0.2) is 3.71 Å². The summed E-state index contributed by atoms with van der Waals surface area (Å²) >= 11 is 1.51. The Kier molecular flexibility index (Phi) is 14.3. The van der Waals surface area contributed by atoms with Crippen molar-refractivity contribution < 1.29 is 49.0 Å². The normalized spacial score (nSPS) is 12.8. The summed E-state index contributed by atoms with van der Waals surface area (Å²) in [6, 6.07) is 26.7. The van der Waals surface area contributed by atoms with Gasteiger partial charge in [-0.2, -0.15) is 11.6 Å². The van der Waals surface area contributed by atoms with E-state index < -0.39 is 0 Å². The molecule has 0 heterocycles. The van der Waals surface area contributed by atoms with Crippen LogP contribution >= 0.6 is 0 Å². The molecule has 218 valence electrons. The van der Waals surface area contributed by atoms with Gasteiger partial charge in [0, 0.05) is 0 Å². The molecule has 0 fully saturated rings. The zero-order valence-electron chi connectivity index (χ0n) is 26.3. The van der Waals surface area contributed by atoms with Gasteiger partial charge >= 0.3 is 70.3 Å². The summed E-state index contributed by atoms with van der Waals surface area (Å²) in [6.07, 6.45) is 9.63. The first kappa shape index (κ1) is 37.4. The van der Waals surface area contributed by atoms with Crippen molar-refractivity contribution in [3.05, 3.63) is 113 Å². The summed E-state index contributed by atoms with van der Waals surface area (Å²) in [4.78, 5) is 0. The van der Waals surface area contributed by atoms with Crippen LogP contribution in [0, 0.1) is 11.5 Å². The molecule has 0 unspecified atom stereocenters. The van der Waals surface area contributed by atoms with Crippen molar-refractivity contribution >= 4 is 25.3 Å². The van der Waals surface area contributed by atoms with Crippen molar-refractivity contribution in [3.63, 3.8) is 0 Å². The molecule has 0 aliphatic heterocycles. The minimum atomic E-state index is 0. The summed E-state index contributed by atoms with van der Waals surface area (Å²) in [5.74, 6) is 0. The van der Waals surface area contributed by atoms with Crippen LogP contribution in [0.2, 0.25) is 0 Å². The van der Waals surface area contributed by atoms with Crippen molar-refractivity contribution in [1.29, 1.82) is 0 Å². The number of benzene rings is 3. The second kappa shape index (κ2) is 15.7. The van der Waals surface area contributed by atoms with Crippen molar-refractivity contribution in [1.82, 2.24) is 0 Å². The molecular formula is C38H46Cl2Zr-2. The maximum absolute atomic E-state index is 3.16. The molecule has 0 amide bonds. The number of hydrogen-bond acceptors (Lipinski definition) is 0. The Balaban J connectivity index is 0.000000351. The first-order valence-electron chi connectivity index (χ1n) is 14.1. The van der Waals surface area contributed by atoms with Gasteiger partial charge in [-0.3, -0.25) is 6.08 Å². The van der Waals surface area contributed by atoms with Gasteiger partial charge in [0.2, 0.25) is 0 Å². The third-order valence-electron chi connectivity index (χ3n) is 7.18. The van der Waals surface area contributed by atoms with Crippen LogP contribution in [0.25, 0.3) is 21.5 Å². The molecule has 1 aliphatic carbocycles. The van der Waals surface area contributed by atoms with E-state index >= 15 is 0 Å². The van der Waals surface area contributed by atoms with E-state index in [0.717, 1.165) is 12.8 Å². The minimum absolute atomic E-state index is 0. The molecule has 1 aliphatic rings. The molecule has 0 saturated carbocycles. The molecule has 3 heteroatoms. The van der Waals surface area contributed by atoms with Crippen molar-refractivity contribution in [3.8, 4) is 0 Å². The molecule has 0 bridgehead atoms. The van der Waals surface area contributed by atoms with Crippen molar-refractivity contribution in [2.24, 2.45) is 5.41 Å². The number of fused-ring (bicyclic) bond motifs is 3. The Bertz CT molecular complexity index is 1380. The monoisotopic (exact) mass is 662 g/mol. The van der Waals surface area contributed by atoms with E-state index in [1.54, 1.807) is 0 Å². The van der Waals surface area contributed by atoms with Crippen LogP contribution in [-0.2, 0) is 41.5 Å². The van der Waals surface area contributed by atoms with Crippen LogP contribution in [0.1, 0.15) is 85.4 Å². The fourth-order valence-corrected chi connectivity index (χ4v) is 5.16. The zero-order chi connectivity index (χ0) is 28.8. The molecule has 41 heavy (non-hydrogen) atoms. The molecule has 5 rings (SSSR count). The Hall–Kier alpha value is -1.66. The SMILES string of the molecule is CC(C)(C)C1=CC[C-]=C1.CC(C)(C)c1ccc2[cH-]c3ccc(C(C)(C)C)cc3c2c1.[Cl-].[Cl-].[Zr+2]=[CH]Cc1ccccc1. The quantitative estimate of drug-likeness (QED) is 0.275. The molecule has 4 aromatic carbocycles. The number of halogens is 2. The Morgan fingerprint density at radius 3 is 1.54 bits per heavy atom. The topological polar surface area (TPSA) is 0 Å². The Morgan fingerprint density at radius 1 is 0.707 bits per heavy atom. The van der Waals surface area contributed by atoms with E-state index in [4.69, 9.17) is 0 Å². The Labute approximate surface area is 277 Å². The molecule has 0 N–H and O–H groups in total. The molecule has 0 atom stereocenters. The van der Waals surface area contributed by atoms with E-state index in [9.17, 15) is 0 Å². The number of hydrogen-bond donors (Lipinski definition) is 0. The van der Waals surface area contributed by atoms with Gasteiger partial charge in [-0.1, -0.05) is 103 Å².